The molecule has 2 aliphatic heterocycles. The molecule has 44 heavy (non-hydrogen) atoms. The van der Waals surface area contributed by atoms with Crippen molar-refractivity contribution in [2.75, 3.05) is 36.1 Å². The Morgan fingerprint density at radius 1 is 1.11 bits per heavy atom. The molecule has 0 unspecified atom stereocenters. The summed E-state index contributed by atoms with van der Waals surface area (Å²) in [5, 5.41) is 3.18. The number of halogens is 7. The van der Waals surface area contributed by atoms with Crippen molar-refractivity contribution in [3.63, 3.8) is 0 Å². The van der Waals surface area contributed by atoms with Gasteiger partial charge in [0.25, 0.3) is 10.0 Å². The van der Waals surface area contributed by atoms with Gasteiger partial charge in [-0.3, -0.25) is 4.90 Å². The first-order valence-electron chi connectivity index (χ1n) is 12.9. The summed E-state index contributed by atoms with van der Waals surface area (Å²) in [6, 6.07) is 3.13. The predicted octanol–water partition coefficient (Wildman–Crippen LogP) is 5.65. The maximum absolute atomic E-state index is 15.2. The zero-order chi connectivity index (χ0) is 31.9. The molecule has 0 radical (unpaired) electrons. The molecule has 0 aliphatic carbocycles. The van der Waals surface area contributed by atoms with E-state index < -0.39 is 59.8 Å². The van der Waals surface area contributed by atoms with Crippen LogP contribution in [-0.2, 0) is 37.5 Å². The maximum atomic E-state index is 15.2. The molecule has 0 bridgehead atoms. The number of nitrogens with one attached hydrogen (secondary N) is 1. The number of carbonyl (C=O) groups is 1. The maximum Gasteiger partial charge on any atom is 0.493 e. The number of alkyl halides is 3. The molecule has 18 heteroatoms. The van der Waals surface area contributed by atoms with Crippen molar-refractivity contribution >= 4 is 50.4 Å². The molecule has 1 spiro atoms. The second-order valence-corrected chi connectivity index (χ2v) is 13.2. The smallest absolute Gasteiger partial charge is 0.381 e. The van der Waals surface area contributed by atoms with Crippen LogP contribution in [0.4, 0.5) is 37.8 Å². The zero-order valence-corrected chi connectivity index (χ0v) is 24.9. The Morgan fingerprint density at radius 2 is 1.77 bits per heavy atom. The minimum atomic E-state index is -5.58. The second kappa shape index (κ2) is 12.3. The van der Waals surface area contributed by atoms with E-state index in [1.807, 2.05) is 4.90 Å². The third-order valence-electron chi connectivity index (χ3n) is 7.35. The van der Waals surface area contributed by atoms with Crippen LogP contribution in [0, 0.1) is 22.9 Å². The number of hydrogen-bond acceptors (Lipinski definition) is 9. The molecule has 1 N–H and O–H groups in total. The van der Waals surface area contributed by atoms with Gasteiger partial charge in [-0.05, 0) is 37.1 Å². The van der Waals surface area contributed by atoms with Gasteiger partial charge in [0.1, 0.15) is 22.3 Å². The molecule has 1 aromatic heterocycles. The molecule has 0 atom stereocenters. The summed E-state index contributed by atoms with van der Waals surface area (Å²) in [5.41, 5.74) is 0.935. The first kappa shape index (κ1) is 32.3. The third kappa shape index (κ3) is 6.61. The third-order valence-corrected chi connectivity index (χ3v) is 9.80. The van der Waals surface area contributed by atoms with E-state index in [4.69, 9.17) is 16.3 Å². The van der Waals surface area contributed by atoms with Crippen LogP contribution in [0.1, 0.15) is 24.0 Å². The van der Waals surface area contributed by atoms with Gasteiger partial charge in [-0.25, -0.2) is 22.9 Å². The molecule has 2 saturated heterocycles. The molecule has 2 aromatic carbocycles. The number of ether oxygens (including phenoxy) is 1. The molecule has 2 fully saturated rings. The number of nitrogens with zero attached hydrogens (tertiary/aromatic N) is 3. The fourth-order valence-electron chi connectivity index (χ4n) is 5.13. The molecular formula is C26H23ClF6N4O5S2. The Morgan fingerprint density at radius 3 is 2.39 bits per heavy atom. The summed E-state index contributed by atoms with van der Waals surface area (Å²) in [6.07, 6.45) is -3.82. The Hall–Kier alpha value is -3.12. The Balaban J connectivity index is 1.36. The molecule has 2 aliphatic rings. The van der Waals surface area contributed by atoms with Crippen LogP contribution in [-0.4, -0.2) is 56.8 Å². The van der Waals surface area contributed by atoms with Crippen molar-refractivity contribution in [3.8, 4) is 0 Å². The van der Waals surface area contributed by atoms with Crippen molar-refractivity contribution in [3.05, 3.63) is 68.8 Å². The van der Waals surface area contributed by atoms with Gasteiger partial charge >= 0.3 is 12.1 Å². The van der Waals surface area contributed by atoms with E-state index in [1.54, 1.807) is 0 Å². The average molecular weight is 685 g/mol. The number of thiazole rings is 1. The normalized spacial score (nSPS) is 16.9. The van der Waals surface area contributed by atoms with Gasteiger partial charge in [0.05, 0.1) is 16.2 Å². The van der Waals surface area contributed by atoms with Crippen molar-refractivity contribution in [2.45, 2.75) is 37.0 Å². The monoisotopic (exact) mass is 684 g/mol. The molecule has 3 aromatic rings. The fraction of sp³-hybridized carbons (Fsp3) is 0.385. The number of benzene rings is 2. The van der Waals surface area contributed by atoms with Gasteiger partial charge in [-0.15, -0.1) is 11.3 Å². The van der Waals surface area contributed by atoms with Crippen LogP contribution in [0.15, 0.2) is 40.1 Å². The lowest BCUT2D eigenvalue weighted by Crippen LogP contribution is -2.57. The number of sulfonamides is 1. The molecular weight excluding hydrogens is 662 g/mol. The lowest BCUT2D eigenvalue weighted by molar-refractivity contribution is -0.199. The van der Waals surface area contributed by atoms with E-state index in [2.05, 4.69) is 15.1 Å². The Labute approximate surface area is 256 Å². The minimum absolute atomic E-state index is 0.0557. The van der Waals surface area contributed by atoms with E-state index >= 15 is 4.39 Å². The fourth-order valence-corrected chi connectivity index (χ4v) is 7.27. The summed E-state index contributed by atoms with van der Waals surface area (Å²) in [4.78, 5) is 19.8. The molecule has 5 rings (SSSR count). The number of rotatable bonds is 9. The van der Waals surface area contributed by atoms with Gasteiger partial charge in [0, 0.05) is 61.3 Å². The van der Waals surface area contributed by atoms with Gasteiger partial charge in [0.2, 0.25) is 0 Å². The highest BCUT2D eigenvalue weighted by atomic mass is 35.5. The van der Waals surface area contributed by atoms with Gasteiger partial charge in [-0.1, -0.05) is 16.1 Å². The Bertz CT molecular complexity index is 1650. The topological polar surface area (TPSA) is 101 Å². The first-order chi connectivity index (χ1) is 20.7. The van der Waals surface area contributed by atoms with Crippen LogP contribution in [0.5, 0.6) is 0 Å². The van der Waals surface area contributed by atoms with Crippen LogP contribution >= 0.6 is 22.9 Å². The van der Waals surface area contributed by atoms with Gasteiger partial charge < -0.3 is 14.9 Å². The number of anilines is 2. The first-order valence-corrected chi connectivity index (χ1v) is 15.7. The van der Waals surface area contributed by atoms with Crippen molar-refractivity contribution in [1.29, 1.82) is 0 Å². The van der Waals surface area contributed by atoms with Crippen LogP contribution < -0.4 is 9.79 Å². The standard InChI is InChI=1S/C26H23ClF6N4O5S2/c27-17-7-22(44(39,40)37(23-11-43-14-35-23)42-24(38)26(31,32)33)20(30)8-21(17)34-9-15-16(19(29)2-1-18(15)28)10-36-12-25(13-36)3-5-41-6-4-25/h1-2,7-8,11,14,34H,3-6,9-10,12-13H2. The highest BCUT2D eigenvalue weighted by Gasteiger charge is 2.46. The van der Waals surface area contributed by atoms with Crippen LogP contribution in [0.2, 0.25) is 5.02 Å². The largest absolute Gasteiger partial charge is 0.493 e. The van der Waals surface area contributed by atoms with Crippen molar-refractivity contribution in [1.82, 2.24) is 9.88 Å². The molecule has 9 nitrogen and oxygen atoms in total. The molecule has 238 valence electrons. The summed E-state index contributed by atoms with van der Waals surface area (Å²) in [6.45, 7) is 2.44. The number of hydrogen-bond donors (Lipinski definition) is 1. The molecule has 0 amide bonds. The van der Waals surface area contributed by atoms with Crippen molar-refractivity contribution in [2.24, 2.45) is 5.41 Å². The summed E-state index contributed by atoms with van der Waals surface area (Å²) in [5.74, 6) is -6.53. The van der Waals surface area contributed by atoms with Gasteiger partial charge in [-0.2, -0.15) is 21.6 Å². The zero-order valence-electron chi connectivity index (χ0n) is 22.5. The summed E-state index contributed by atoms with van der Waals surface area (Å²) in [7, 11) is -5.33. The van der Waals surface area contributed by atoms with E-state index in [0.717, 1.165) is 47.2 Å². The van der Waals surface area contributed by atoms with Crippen LogP contribution in [0.3, 0.4) is 0 Å². The average Bonchev–Trinajstić information content (AvgIpc) is 3.48. The van der Waals surface area contributed by atoms with Crippen LogP contribution in [0.25, 0.3) is 0 Å². The highest BCUT2D eigenvalue weighted by Crippen LogP contribution is 2.41. The lowest BCUT2D eigenvalue weighted by Gasteiger charge is -2.52. The molecule has 3 heterocycles. The lowest BCUT2D eigenvalue weighted by atomic mass is 9.73. The van der Waals surface area contributed by atoms with Gasteiger partial charge in [0.15, 0.2) is 5.82 Å². The number of aromatic nitrogens is 1. The number of carbonyl (C=O) groups excluding carboxylic acids is 1. The quantitative estimate of drug-likeness (QED) is 0.228. The minimum Gasteiger partial charge on any atom is -0.381 e. The Kier molecular flexibility index (Phi) is 9.06. The van der Waals surface area contributed by atoms with E-state index in [1.165, 1.54) is 0 Å². The SMILES string of the molecule is O=C(ON(c1cscn1)S(=O)(=O)c1cc(Cl)c(NCc2c(F)ccc(F)c2CN2CC3(CCOCC3)C2)cc1F)C(F)(F)F. The second-order valence-electron chi connectivity index (χ2n) is 10.3. The van der Waals surface area contributed by atoms with Crippen molar-refractivity contribution < 1.29 is 49.1 Å². The van der Waals surface area contributed by atoms with E-state index in [0.29, 0.717) is 38.4 Å². The predicted molar refractivity (Wildman–Crippen MR) is 147 cm³/mol. The summed E-state index contributed by atoms with van der Waals surface area (Å²) < 4.78 is 115. The van der Waals surface area contributed by atoms with E-state index in [-0.39, 0.29) is 35.3 Å². The summed E-state index contributed by atoms with van der Waals surface area (Å²) >= 11 is 6.95. The highest BCUT2D eigenvalue weighted by molar-refractivity contribution is 7.92. The molecule has 0 saturated carbocycles. The van der Waals surface area contributed by atoms with E-state index in [9.17, 15) is 35.2 Å². The number of likely N-dealkylation sites (tertiary alicyclic amines) is 1.